The van der Waals surface area contributed by atoms with Crippen LogP contribution in [-0.2, 0) is 14.9 Å². The summed E-state index contributed by atoms with van der Waals surface area (Å²) >= 11 is 0. The molecule has 6 heteroatoms. The molecule has 0 spiro atoms. The summed E-state index contributed by atoms with van der Waals surface area (Å²) in [5.41, 5.74) is 1.70. The smallest absolute Gasteiger partial charge is 0.302 e. The normalized spacial score (nSPS) is 28.1. The molecule has 2 aromatic rings. The minimum atomic E-state index is -0.253. The van der Waals surface area contributed by atoms with Gasteiger partial charge in [0.1, 0.15) is 11.9 Å². The van der Waals surface area contributed by atoms with Gasteiger partial charge in [-0.2, -0.15) is 0 Å². The van der Waals surface area contributed by atoms with Crippen molar-refractivity contribution in [3.8, 4) is 5.75 Å². The summed E-state index contributed by atoms with van der Waals surface area (Å²) in [5.74, 6) is 1.56. The molecule has 0 N–H and O–H groups in total. The highest BCUT2D eigenvalue weighted by Crippen LogP contribution is 2.52. The molecule has 1 aliphatic heterocycles. The maximum Gasteiger partial charge on any atom is 0.302 e. The molecule has 5 rings (SSSR count). The summed E-state index contributed by atoms with van der Waals surface area (Å²) in [6.45, 7) is 4.56. The summed E-state index contributed by atoms with van der Waals surface area (Å²) in [6, 6.07) is 17.8. The molecule has 0 radical (unpaired) electrons. The van der Waals surface area contributed by atoms with Crippen LogP contribution in [0.3, 0.4) is 0 Å². The highest BCUT2D eigenvalue weighted by Gasteiger charge is 2.54. The van der Waals surface area contributed by atoms with Crippen LogP contribution in [0.1, 0.15) is 54.9 Å². The van der Waals surface area contributed by atoms with Crippen LogP contribution in [0.15, 0.2) is 54.6 Å². The molecule has 3 aliphatic rings. The standard InChI is InChI=1S/C30H38N2O4/c1-21(33)36-28-17-25(31(2)29(34)23-8-5-4-6-9-23)18-30(24-10-7-11-26(16-24)35-3)14-15-32(20-27(28)30)19-22-12-13-22/h4-11,16,22,25,27-28H,12-15,17-20H2,1-3H3. The fourth-order valence-corrected chi connectivity index (χ4v) is 6.58. The predicted molar refractivity (Wildman–Crippen MR) is 139 cm³/mol. The number of benzene rings is 2. The highest BCUT2D eigenvalue weighted by molar-refractivity contribution is 5.94. The molecule has 4 unspecified atom stereocenters. The molecule has 2 saturated carbocycles. The first-order valence-electron chi connectivity index (χ1n) is 13.3. The van der Waals surface area contributed by atoms with E-state index in [9.17, 15) is 9.59 Å². The Morgan fingerprint density at radius 1 is 1.11 bits per heavy atom. The predicted octanol–water partition coefficient (Wildman–Crippen LogP) is 4.53. The highest BCUT2D eigenvalue weighted by atomic mass is 16.5. The number of amides is 1. The zero-order valence-corrected chi connectivity index (χ0v) is 21.7. The topological polar surface area (TPSA) is 59.1 Å². The van der Waals surface area contributed by atoms with E-state index in [4.69, 9.17) is 9.47 Å². The van der Waals surface area contributed by atoms with E-state index >= 15 is 0 Å². The minimum absolute atomic E-state index is 0.00702. The molecule has 36 heavy (non-hydrogen) atoms. The van der Waals surface area contributed by atoms with Gasteiger partial charge in [-0.05, 0) is 68.0 Å². The zero-order valence-electron chi connectivity index (χ0n) is 21.7. The van der Waals surface area contributed by atoms with Crippen LogP contribution in [0.25, 0.3) is 0 Å². The Bertz CT molecular complexity index is 1090. The van der Waals surface area contributed by atoms with Gasteiger partial charge in [-0.25, -0.2) is 0 Å². The summed E-state index contributed by atoms with van der Waals surface area (Å²) < 4.78 is 11.7. The van der Waals surface area contributed by atoms with Gasteiger partial charge >= 0.3 is 5.97 Å². The van der Waals surface area contributed by atoms with Crippen molar-refractivity contribution in [3.63, 3.8) is 0 Å². The van der Waals surface area contributed by atoms with E-state index in [-0.39, 0.29) is 35.4 Å². The van der Waals surface area contributed by atoms with E-state index in [1.807, 2.05) is 48.3 Å². The quantitative estimate of drug-likeness (QED) is 0.534. The van der Waals surface area contributed by atoms with Crippen molar-refractivity contribution >= 4 is 11.9 Å². The summed E-state index contributed by atoms with van der Waals surface area (Å²) in [7, 11) is 3.59. The van der Waals surface area contributed by atoms with Crippen molar-refractivity contribution in [1.82, 2.24) is 9.80 Å². The molecule has 4 atom stereocenters. The summed E-state index contributed by atoms with van der Waals surface area (Å²) in [5, 5.41) is 0. The third-order valence-corrected chi connectivity index (χ3v) is 8.66. The first-order valence-corrected chi connectivity index (χ1v) is 13.3. The van der Waals surface area contributed by atoms with Crippen molar-refractivity contribution in [2.24, 2.45) is 11.8 Å². The maximum atomic E-state index is 13.4. The summed E-state index contributed by atoms with van der Waals surface area (Å²) in [6.07, 6.45) is 4.87. The van der Waals surface area contributed by atoms with Crippen LogP contribution < -0.4 is 4.74 Å². The third-order valence-electron chi connectivity index (χ3n) is 8.66. The van der Waals surface area contributed by atoms with Gasteiger partial charge in [-0.15, -0.1) is 0 Å². The average Bonchev–Trinajstić information content (AvgIpc) is 3.72. The zero-order chi connectivity index (χ0) is 25.3. The van der Waals surface area contributed by atoms with E-state index in [1.54, 1.807) is 7.11 Å². The molecule has 1 amide bonds. The number of likely N-dealkylation sites (tertiary alicyclic amines) is 1. The van der Waals surface area contributed by atoms with Crippen LogP contribution in [0.5, 0.6) is 5.75 Å². The van der Waals surface area contributed by atoms with Crippen molar-refractivity contribution < 1.29 is 19.1 Å². The fraction of sp³-hybridized carbons (Fsp3) is 0.533. The van der Waals surface area contributed by atoms with Crippen molar-refractivity contribution in [2.45, 2.75) is 56.6 Å². The van der Waals surface area contributed by atoms with Gasteiger partial charge in [0.05, 0.1) is 7.11 Å². The van der Waals surface area contributed by atoms with Gasteiger partial charge in [-0.1, -0.05) is 30.3 Å². The number of nitrogens with zero attached hydrogens (tertiary/aromatic N) is 2. The van der Waals surface area contributed by atoms with E-state index in [0.717, 1.165) is 44.1 Å². The van der Waals surface area contributed by atoms with Crippen LogP contribution in [0.2, 0.25) is 0 Å². The van der Waals surface area contributed by atoms with Crippen molar-refractivity contribution in [3.05, 3.63) is 65.7 Å². The SMILES string of the molecule is COc1cccc(C23CCN(CC4CC4)CC2C(OC(C)=O)CC(N(C)C(=O)c2ccccc2)C3)c1. The Morgan fingerprint density at radius 2 is 1.89 bits per heavy atom. The monoisotopic (exact) mass is 490 g/mol. The lowest BCUT2D eigenvalue weighted by Crippen LogP contribution is -2.62. The molecule has 0 bridgehead atoms. The molecule has 3 fully saturated rings. The van der Waals surface area contributed by atoms with Gasteiger partial charge in [0.25, 0.3) is 5.91 Å². The molecular formula is C30H38N2O4. The third kappa shape index (κ3) is 5.01. The van der Waals surface area contributed by atoms with Gasteiger partial charge in [0, 0.05) is 56.4 Å². The van der Waals surface area contributed by atoms with Gasteiger partial charge in [-0.3, -0.25) is 9.59 Å². The molecular weight excluding hydrogens is 452 g/mol. The van der Waals surface area contributed by atoms with Crippen LogP contribution >= 0.6 is 0 Å². The Kier molecular flexibility index (Phi) is 7.07. The number of fused-ring (bicyclic) bond motifs is 1. The summed E-state index contributed by atoms with van der Waals surface area (Å²) in [4.78, 5) is 30.2. The van der Waals surface area contributed by atoms with Crippen molar-refractivity contribution in [1.29, 1.82) is 0 Å². The number of carbonyl (C=O) groups is 2. The molecule has 6 nitrogen and oxygen atoms in total. The largest absolute Gasteiger partial charge is 0.497 e. The lowest BCUT2D eigenvalue weighted by atomic mass is 9.56. The first-order chi connectivity index (χ1) is 17.4. The fourth-order valence-electron chi connectivity index (χ4n) is 6.58. The van der Waals surface area contributed by atoms with Gasteiger partial charge < -0.3 is 19.3 Å². The lowest BCUT2D eigenvalue weighted by molar-refractivity contribution is -0.158. The molecule has 1 saturated heterocycles. The van der Waals surface area contributed by atoms with Gasteiger partial charge in [0.2, 0.25) is 0 Å². The average molecular weight is 491 g/mol. The molecule has 192 valence electrons. The Morgan fingerprint density at radius 3 is 2.58 bits per heavy atom. The minimum Gasteiger partial charge on any atom is -0.497 e. The molecule has 1 heterocycles. The Hall–Kier alpha value is -2.86. The van der Waals surface area contributed by atoms with Crippen LogP contribution in [-0.4, -0.2) is 67.6 Å². The van der Waals surface area contributed by atoms with Crippen LogP contribution in [0.4, 0.5) is 0 Å². The number of esters is 1. The molecule has 0 aromatic heterocycles. The van der Waals surface area contributed by atoms with E-state index in [1.165, 1.54) is 25.3 Å². The van der Waals surface area contributed by atoms with E-state index in [0.29, 0.717) is 12.0 Å². The first kappa shape index (κ1) is 24.8. The van der Waals surface area contributed by atoms with E-state index < -0.39 is 0 Å². The molecule has 2 aliphatic carbocycles. The Balaban J connectivity index is 1.52. The second kappa shape index (κ2) is 10.3. The Labute approximate surface area is 214 Å². The number of rotatable bonds is 7. The number of hydrogen-bond acceptors (Lipinski definition) is 5. The second-order valence-corrected chi connectivity index (χ2v) is 11.0. The number of ether oxygens (including phenoxy) is 2. The van der Waals surface area contributed by atoms with Gasteiger partial charge in [0.15, 0.2) is 0 Å². The second-order valence-electron chi connectivity index (χ2n) is 11.0. The molecule has 2 aromatic carbocycles. The number of piperidine rings is 1. The van der Waals surface area contributed by atoms with Crippen molar-refractivity contribution in [2.75, 3.05) is 33.8 Å². The maximum absolute atomic E-state index is 13.4. The number of methoxy groups -OCH3 is 1. The lowest BCUT2D eigenvalue weighted by Gasteiger charge is -2.56. The van der Waals surface area contributed by atoms with Crippen LogP contribution in [0, 0.1) is 11.8 Å². The number of hydrogen-bond donors (Lipinski definition) is 0. The van der Waals surface area contributed by atoms with E-state index in [2.05, 4.69) is 23.1 Å². The number of carbonyl (C=O) groups excluding carboxylic acids is 2.